The van der Waals surface area contributed by atoms with E-state index in [1.54, 1.807) is 0 Å². The molecule has 16 nitrogen and oxygen atoms in total. The Balaban J connectivity index is 4.45. The van der Waals surface area contributed by atoms with E-state index in [-0.39, 0.29) is 19.3 Å². The van der Waals surface area contributed by atoms with E-state index in [1.165, 1.54) is 128 Å². The Morgan fingerprint density at radius 1 is 0.266 bits per heavy atom. The summed E-state index contributed by atoms with van der Waals surface area (Å²) >= 11 is 0. The fourth-order valence-corrected chi connectivity index (χ4v) is 13.1. The summed E-state index contributed by atoms with van der Waals surface area (Å²) in [5, 5.41) is 20.7. The lowest BCUT2D eigenvalue weighted by atomic mass is 10.0. The number of hydrogen-bond acceptors (Lipinski definition) is 14. The Hall–Kier alpha value is -4.57. The molecule has 0 rings (SSSR count). The van der Waals surface area contributed by atoms with Gasteiger partial charge in [-0.3, -0.25) is 32.5 Å². The van der Waals surface area contributed by atoms with Crippen LogP contribution in [0.1, 0.15) is 355 Å². The lowest BCUT2D eigenvalue weighted by Crippen LogP contribution is -2.30. The second-order valence-corrected chi connectivity index (χ2v) is 31.5. The first-order valence-corrected chi connectivity index (χ1v) is 46.1. The van der Waals surface area contributed by atoms with E-state index >= 15 is 0 Å². The van der Waals surface area contributed by atoms with E-state index in [0.29, 0.717) is 19.3 Å². The third-order valence-electron chi connectivity index (χ3n) is 18.0. The number of aliphatic hydroxyl groups excluding tert-OH is 2. The van der Waals surface area contributed by atoms with Crippen LogP contribution in [0.2, 0.25) is 0 Å². The van der Waals surface area contributed by atoms with Gasteiger partial charge in [0.1, 0.15) is 25.4 Å². The Morgan fingerprint density at radius 3 is 0.771 bits per heavy atom. The summed E-state index contributed by atoms with van der Waals surface area (Å²) in [5.41, 5.74) is 0. The van der Waals surface area contributed by atoms with Gasteiger partial charge in [0.15, 0.2) is 6.10 Å². The highest BCUT2D eigenvalue weighted by atomic mass is 31.2. The average Bonchev–Trinajstić information content (AvgIpc) is 0.902. The maximum Gasteiger partial charge on any atom is 0.472 e. The van der Waals surface area contributed by atoms with Crippen LogP contribution in [-0.2, 0) is 55.8 Å². The first kappa shape index (κ1) is 104. The van der Waals surface area contributed by atoms with Crippen molar-refractivity contribution in [3.8, 4) is 0 Å². The molecule has 0 aliphatic carbocycles. The van der Waals surface area contributed by atoms with Crippen molar-refractivity contribution in [1.29, 1.82) is 0 Å². The molecule has 0 fully saturated rings. The summed E-state index contributed by atoms with van der Waals surface area (Å²) in [4.78, 5) is 58.8. The van der Waals surface area contributed by atoms with E-state index in [2.05, 4.69) is 167 Å². The van der Waals surface area contributed by atoms with Crippen LogP contribution in [-0.4, -0.2) is 95.9 Å². The third kappa shape index (κ3) is 84.2. The molecule has 109 heavy (non-hydrogen) atoms. The molecular formula is C91H156O16P2. The summed E-state index contributed by atoms with van der Waals surface area (Å²) in [5.74, 6) is -1.60. The largest absolute Gasteiger partial charge is 0.472 e. The number of ether oxygens (including phenoxy) is 3. The molecular weight excluding hydrogens is 1410 g/mol. The minimum atomic E-state index is -4.94. The molecule has 0 spiro atoms. The molecule has 0 radical (unpaired) electrons. The number of hydrogen-bond donors (Lipinski definition) is 4. The molecule has 0 aliphatic heterocycles. The van der Waals surface area contributed by atoms with Crippen molar-refractivity contribution in [3.63, 3.8) is 0 Å². The predicted octanol–water partition coefficient (Wildman–Crippen LogP) is 26.0. The topological polar surface area (TPSA) is 231 Å². The number of carbonyl (C=O) groups is 3. The Labute approximate surface area is 664 Å². The standard InChI is InChI=1S/C91H156O16P2/c1-4-7-10-13-16-19-22-25-28-30-32-34-36-37-38-39-40-41-42-43-44-45-46-47-49-51-52-54-57-59-62-65-68-71-74-77-89(94)101-80-86(92)81-103-108(97,98)104-82-87(93)83-105-109(99,100)106-85-88(107-91(96)79-76-73-70-67-64-61-56-27-24-21-18-15-12-9-6-3)84-102-90(95)78-75-72-69-66-63-60-58-55-53-50-48-35-33-31-29-26-23-20-17-14-11-8-5-2/h7,10,16-21,25-29,32-35,37-38,40-41,50,53,56,86-88,92-93H,4-6,8-9,11-15,22-24,30-31,36,39,42-49,51-52,54-55,57-85H2,1-3H3,(H,97,98)(H,99,100)/b10-7-,19-16-,20-17-,21-18-,28-25-,29-26-,34-32-,35-33-,38-37-,41-40-,53-50-,56-27-. The first-order valence-electron chi connectivity index (χ1n) is 43.1. The van der Waals surface area contributed by atoms with E-state index in [9.17, 15) is 43.5 Å². The van der Waals surface area contributed by atoms with Crippen LogP contribution in [0.15, 0.2) is 146 Å². The number of rotatable bonds is 81. The zero-order valence-electron chi connectivity index (χ0n) is 68.7. The quantitative estimate of drug-likeness (QED) is 0.0146. The minimum absolute atomic E-state index is 0.0840. The van der Waals surface area contributed by atoms with Crippen LogP contribution in [0.4, 0.5) is 0 Å². The fourth-order valence-electron chi connectivity index (χ4n) is 11.5. The molecule has 0 heterocycles. The summed E-state index contributed by atoms with van der Waals surface area (Å²) < 4.78 is 61.3. The van der Waals surface area contributed by atoms with Crippen LogP contribution in [0.25, 0.3) is 0 Å². The average molecular weight is 1570 g/mol. The molecule has 0 aromatic carbocycles. The van der Waals surface area contributed by atoms with Crippen molar-refractivity contribution in [2.75, 3.05) is 39.6 Å². The van der Waals surface area contributed by atoms with E-state index in [1.807, 2.05) is 0 Å². The highest BCUT2D eigenvalue weighted by Crippen LogP contribution is 2.45. The zero-order valence-corrected chi connectivity index (χ0v) is 70.5. The van der Waals surface area contributed by atoms with Gasteiger partial charge in [0, 0.05) is 19.3 Å². The fraction of sp³-hybridized carbons (Fsp3) is 0.703. The number of phosphoric acid groups is 2. The van der Waals surface area contributed by atoms with Gasteiger partial charge in [0.05, 0.1) is 26.4 Å². The van der Waals surface area contributed by atoms with Gasteiger partial charge in [-0.05, 0) is 148 Å². The lowest BCUT2D eigenvalue weighted by Gasteiger charge is -2.21. The van der Waals surface area contributed by atoms with Gasteiger partial charge in [-0.25, -0.2) is 9.13 Å². The van der Waals surface area contributed by atoms with Crippen molar-refractivity contribution >= 4 is 33.6 Å². The maximum absolute atomic E-state index is 13.0. The van der Waals surface area contributed by atoms with E-state index in [0.717, 1.165) is 167 Å². The SMILES string of the molecule is CC/C=C\C/C=C\C/C=C\C/C=C\C/C=C\C/C=C\CCCCCCCCCCCCCCCCCCC(=O)OCC(O)COP(=O)(O)OCC(O)COP(=O)(O)OCC(COC(=O)CCCCCCCCC/C=C\C/C=C\C/C=C\C/C=C\CCCCC)OC(=O)CCCCCCC/C=C\C/C=C\CCCCC. The summed E-state index contributed by atoms with van der Waals surface area (Å²) in [6.07, 6.45) is 103. The van der Waals surface area contributed by atoms with Crippen molar-refractivity contribution in [2.45, 2.75) is 373 Å². The number of esters is 3. The van der Waals surface area contributed by atoms with Gasteiger partial charge in [-0.15, -0.1) is 0 Å². The van der Waals surface area contributed by atoms with Crippen molar-refractivity contribution in [2.24, 2.45) is 0 Å². The molecule has 0 saturated heterocycles. The molecule has 0 amide bonds. The van der Waals surface area contributed by atoms with Crippen molar-refractivity contribution < 1.29 is 75.8 Å². The van der Waals surface area contributed by atoms with E-state index < -0.39 is 91.5 Å². The van der Waals surface area contributed by atoms with Gasteiger partial charge >= 0.3 is 33.6 Å². The normalized spacial score (nSPS) is 14.6. The molecule has 18 heteroatoms. The van der Waals surface area contributed by atoms with Crippen LogP contribution in [0.3, 0.4) is 0 Å². The third-order valence-corrected chi connectivity index (χ3v) is 19.9. The first-order chi connectivity index (χ1) is 53.2. The second kappa shape index (κ2) is 82.9. The van der Waals surface area contributed by atoms with E-state index in [4.69, 9.17) is 32.3 Å². The molecule has 0 aromatic heterocycles. The molecule has 5 unspecified atom stereocenters. The molecule has 0 bridgehead atoms. The number of aliphatic hydroxyl groups is 2. The number of unbranched alkanes of at least 4 members (excludes halogenated alkanes) is 34. The molecule has 4 N–H and O–H groups in total. The minimum Gasteiger partial charge on any atom is -0.463 e. The van der Waals surface area contributed by atoms with Crippen LogP contribution in [0.5, 0.6) is 0 Å². The molecule has 626 valence electrons. The Morgan fingerprint density at radius 2 is 0.486 bits per heavy atom. The summed E-state index contributed by atoms with van der Waals surface area (Å²) in [7, 11) is -9.80. The molecule has 0 aromatic rings. The number of phosphoric ester groups is 2. The highest BCUT2D eigenvalue weighted by molar-refractivity contribution is 7.47. The van der Waals surface area contributed by atoms with Crippen LogP contribution < -0.4 is 0 Å². The molecule has 0 saturated carbocycles. The van der Waals surface area contributed by atoms with Gasteiger partial charge in [-0.1, -0.05) is 334 Å². The van der Waals surface area contributed by atoms with Gasteiger partial charge in [0.25, 0.3) is 0 Å². The van der Waals surface area contributed by atoms with Gasteiger partial charge in [0.2, 0.25) is 0 Å². The smallest absolute Gasteiger partial charge is 0.463 e. The van der Waals surface area contributed by atoms with Crippen LogP contribution >= 0.6 is 15.6 Å². The molecule has 0 aliphatic rings. The Bertz CT molecular complexity index is 2560. The van der Waals surface area contributed by atoms with Crippen molar-refractivity contribution in [1.82, 2.24) is 0 Å². The van der Waals surface area contributed by atoms with Gasteiger partial charge < -0.3 is 34.2 Å². The number of allylic oxidation sites excluding steroid dienone is 24. The highest BCUT2D eigenvalue weighted by Gasteiger charge is 2.29. The summed E-state index contributed by atoms with van der Waals surface area (Å²) in [6.45, 7) is 2.51. The number of carbonyl (C=O) groups excluding carboxylic acids is 3. The van der Waals surface area contributed by atoms with Crippen LogP contribution in [0, 0.1) is 0 Å². The summed E-state index contributed by atoms with van der Waals surface area (Å²) in [6, 6.07) is 0. The predicted molar refractivity (Wildman–Crippen MR) is 454 cm³/mol. The van der Waals surface area contributed by atoms with Gasteiger partial charge in [-0.2, -0.15) is 0 Å². The maximum atomic E-state index is 13.0. The Kier molecular flexibility index (Phi) is 79.4. The monoisotopic (exact) mass is 1570 g/mol. The molecule has 5 atom stereocenters. The zero-order chi connectivity index (χ0) is 79.4. The second-order valence-electron chi connectivity index (χ2n) is 28.6. The lowest BCUT2D eigenvalue weighted by molar-refractivity contribution is -0.161. The van der Waals surface area contributed by atoms with Crippen molar-refractivity contribution in [3.05, 3.63) is 146 Å².